The second-order valence-corrected chi connectivity index (χ2v) is 7.02. The predicted molar refractivity (Wildman–Crippen MR) is 88.7 cm³/mol. The summed E-state index contributed by atoms with van der Waals surface area (Å²) in [5.41, 5.74) is -2.53. The second kappa shape index (κ2) is 6.40. The number of Topliss-reactive ketones (excluding diaryl/α,β-unsaturated/α-hetero) is 1. The maximum absolute atomic E-state index is 13.7. The summed E-state index contributed by atoms with van der Waals surface area (Å²) in [5.74, 6) is -2.89. The highest BCUT2D eigenvalue weighted by Gasteiger charge is 2.66. The first kappa shape index (κ1) is 18.4. The zero-order valence-electron chi connectivity index (χ0n) is 13.5. The van der Waals surface area contributed by atoms with Gasteiger partial charge in [0.2, 0.25) is 5.72 Å². The van der Waals surface area contributed by atoms with Gasteiger partial charge in [0.05, 0.1) is 10.9 Å². The summed E-state index contributed by atoms with van der Waals surface area (Å²) in [6, 6.07) is 6.73. The number of carbonyl (C=O) groups is 2. The molecule has 1 aromatic heterocycles. The molecular formula is C17H15F3N2O3S. The van der Waals surface area contributed by atoms with Crippen LogP contribution in [0.2, 0.25) is 0 Å². The Bertz CT molecular complexity index is 821. The molecule has 0 unspecified atom stereocenters. The van der Waals surface area contributed by atoms with Crippen molar-refractivity contribution in [1.29, 1.82) is 0 Å². The lowest BCUT2D eigenvalue weighted by molar-refractivity contribution is -0.287. The molecule has 3 N–H and O–H groups in total. The van der Waals surface area contributed by atoms with Gasteiger partial charge in [-0.3, -0.25) is 4.79 Å². The fourth-order valence-corrected chi connectivity index (χ4v) is 3.67. The van der Waals surface area contributed by atoms with Crippen LogP contribution in [0.1, 0.15) is 26.8 Å². The summed E-state index contributed by atoms with van der Waals surface area (Å²) in [7, 11) is 0. The standard InChI is InChI=1S/C17H15F3N2O3S/c1-9-4-6-10(7-5-9)13-12(14(23)11-3-2-8-26-11)16(25,17(18,19)20)22-15(24)21-13/h2-8,12-13,25H,1H3,(H2,21,22,24)/t12-,13+,16-/m0/s1. The van der Waals surface area contributed by atoms with Gasteiger partial charge in [0, 0.05) is 0 Å². The molecule has 1 aliphatic rings. The highest BCUT2D eigenvalue weighted by Crippen LogP contribution is 2.44. The van der Waals surface area contributed by atoms with Gasteiger partial charge in [-0.05, 0) is 23.9 Å². The maximum Gasteiger partial charge on any atom is 0.437 e. The van der Waals surface area contributed by atoms with E-state index < -0.39 is 35.7 Å². The van der Waals surface area contributed by atoms with Crippen molar-refractivity contribution in [2.24, 2.45) is 5.92 Å². The third kappa shape index (κ3) is 3.08. The molecule has 2 heterocycles. The Morgan fingerprint density at radius 3 is 2.42 bits per heavy atom. The quantitative estimate of drug-likeness (QED) is 0.712. The van der Waals surface area contributed by atoms with Crippen LogP contribution >= 0.6 is 11.3 Å². The third-order valence-electron chi connectivity index (χ3n) is 4.29. The number of aryl methyl sites for hydroxylation is 1. The molecule has 0 aliphatic carbocycles. The van der Waals surface area contributed by atoms with Crippen molar-refractivity contribution in [1.82, 2.24) is 10.6 Å². The van der Waals surface area contributed by atoms with Crippen molar-refractivity contribution in [3.63, 3.8) is 0 Å². The number of alkyl halides is 3. The minimum absolute atomic E-state index is 0.0627. The van der Waals surface area contributed by atoms with Gasteiger partial charge < -0.3 is 15.7 Å². The van der Waals surface area contributed by atoms with Crippen molar-refractivity contribution in [2.45, 2.75) is 24.9 Å². The van der Waals surface area contributed by atoms with Gasteiger partial charge in [0.15, 0.2) is 5.78 Å². The van der Waals surface area contributed by atoms with Crippen molar-refractivity contribution < 1.29 is 27.9 Å². The van der Waals surface area contributed by atoms with Gasteiger partial charge in [0.1, 0.15) is 5.92 Å². The van der Waals surface area contributed by atoms with Crippen molar-refractivity contribution >= 4 is 23.2 Å². The Labute approximate surface area is 150 Å². The fraction of sp³-hybridized carbons (Fsp3) is 0.294. The van der Waals surface area contributed by atoms with Crippen LogP contribution in [0.3, 0.4) is 0 Å². The molecule has 5 nitrogen and oxygen atoms in total. The van der Waals surface area contributed by atoms with Crippen LogP contribution in [-0.2, 0) is 0 Å². The molecule has 3 rings (SSSR count). The summed E-state index contributed by atoms with van der Waals surface area (Å²) in [5, 5.41) is 15.8. The predicted octanol–water partition coefficient (Wildman–Crippen LogP) is 3.16. The van der Waals surface area contributed by atoms with Crippen LogP contribution in [0.5, 0.6) is 0 Å². The number of rotatable bonds is 3. The number of amides is 2. The second-order valence-electron chi connectivity index (χ2n) is 6.07. The average molecular weight is 384 g/mol. The number of hydrogen-bond donors (Lipinski definition) is 3. The lowest BCUT2D eigenvalue weighted by atomic mass is 9.78. The van der Waals surface area contributed by atoms with Gasteiger partial charge in [0.25, 0.3) is 0 Å². The van der Waals surface area contributed by atoms with Crippen molar-refractivity contribution in [3.8, 4) is 0 Å². The van der Waals surface area contributed by atoms with E-state index in [1.165, 1.54) is 29.6 Å². The van der Waals surface area contributed by atoms with E-state index in [0.717, 1.165) is 16.9 Å². The number of halogens is 3. The first-order valence-corrected chi connectivity index (χ1v) is 8.53. The van der Waals surface area contributed by atoms with Crippen LogP contribution in [0.25, 0.3) is 0 Å². The zero-order chi connectivity index (χ0) is 19.1. The molecule has 1 saturated heterocycles. The largest absolute Gasteiger partial charge is 0.437 e. The first-order valence-electron chi connectivity index (χ1n) is 7.65. The third-order valence-corrected chi connectivity index (χ3v) is 5.17. The SMILES string of the molecule is Cc1ccc([C@H]2NC(=O)N[C@@](O)(C(F)(F)F)[C@@H]2C(=O)c2cccs2)cc1. The molecule has 138 valence electrons. The Morgan fingerprint density at radius 1 is 1.23 bits per heavy atom. The Morgan fingerprint density at radius 2 is 1.88 bits per heavy atom. The van der Waals surface area contributed by atoms with Crippen LogP contribution in [0.4, 0.5) is 18.0 Å². The molecule has 0 saturated carbocycles. The minimum atomic E-state index is -5.24. The Hall–Kier alpha value is -2.39. The summed E-state index contributed by atoms with van der Waals surface area (Å²) in [6.07, 6.45) is -5.24. The van der Waals surface area contributed by atoms with Crippen molar-refractivity contribution in [2.75, 3.05) is 0 Å². The van der Waals surface area contributed by atoms with Crippen LogP contribution in [-0.4, -0.2) is 28.8 Å². The number of urea groups is 1. The normalized spacial score (nSPS) is 26.1. The minimum Gasteiger partial charge on any atom is -0.363 e. The maximum atomic E-state index is 13.7. The molecule has 1 fully saturated rings. The lowest BCUT2D eigenvalue weighted by Crippen LogP contribution is -2.72. The number of aliphatic hydroxyl groups is 1. The highest BCUT2D eigenvalue weighted by atomic mass is 32.1. The summed E-state index contributed by atoms with van der Waals surface area (Å²) in [6.45, 7) is 1.80. The number of hydrogen-bond acceptors (Lipinski definition) is 4. The van der Waals surface area contributed by atoms with Gasteiger partial charge in [-0.25, -0.2) is 4.79 Å². The van der Waals surface area contributed by atoms with E-state index in [0.29, 0.717) is 5.56 Å². The number of carbonyl (C=O) groups excluding carboxylic acids is 2. The van der Waals surface area contributed by atoms with E-state index in [4.69, 9.17) is 0 Å². The molecule has 2 aromatic rings. The average Bonchev–Trinajstić information content (AvgIpc) is 3.08. The number of ketones is 1. The van der Waals surface area contributed by atoms with Gasteiger partial charge >= 0.3 is 12.2 Å². The summed E-state index contributed by atoms with van der Waals surface area (Å²) >= 11 is 0.968. The molecule has 3 atom stereocenters. The van der Waals surface area contributed by atoms with E-state index in [-0.39, 0.29) is 4.88 Å². The highest BCUT2D eigenvalue weighted by molar-refractivity contribution is 7.12. The fourth-order valence-electron chi connectivity index (χ4n) is 2.96. The van der Waals surface area contributed by atoms with E-state index in [2.05, 4.69) is 5.32 Å². The molecule has 1 aromatic carbocycles. The van der Waals surface area contributed by atoms with E-state index >= 15 is 0 Å². The summed E-state index contributed by atoms with van der Waals surface area (Å²) < 4.78 is 41.0. The molecule has 26 heavy (non-hydrogen) atoms. The van der Waals surface area contributed by atoms with Gasteiger partial charge in [-0.15, -0.1) is 11.3 Å². The molecule has 0 bridgehead atoms. The molecule has 0 spiro atoms. The molecule has 1 aliphatic heterocycles. The van der Waals surface area contributed by atoms with Crippen LogP contribution in [0, 0.1) is 12.8 Å². The van der Waals surface area contributed by atoms with Crippen LogP contribution < -0.4 is 10.6 Å². The molecule has 2 amide bonds. The first-order chi connectivity index (χ1) is 12.1. The van der Waals surface area contributed by atoms with Gasteiger partial charge in [-0.1, -0.05) is 35.9 Å². The number of thiophene rings is 1. The van der Waals surface area contributed by atoms with Crippen LogP contribution in [0.15, 0.2) is 41.8 Å². The monoisotopic (exact) mass is 384 g/mol. The number of nitrogens with one attached hydrogen (secondary N) is 2. The molecular weight excluding hydrogens is 369 g/mol. The number of benzene rings is 1. The molecule has 9 heteroatoms. The van der Waals surface area contributed by atoms with E-state index in [9.17, 15) is 27.9 Å². The van der Waals surface area contributed by atoms with Gasteiger partial charge in [-0.2, -0.15) is 13.2 Å². The smallest absolute Gasteiger partial charge is 0.363 e. The topological polar surface area (TPSA) is 78.4 Å². The Balaban J connectivity index is 2.14. The molecule has 0 radical (unpaired) electrons. The van der Waals surface area contributed by atoms with E-state index in [1.807, 2.05) is 0 Å². The lowest BCUT2D eigenvalue weighted by Gasteiger charge is -2.44. The zero-order valence-corrected chi connectivity index (χ0v) is 14.3. The summed E-state index contributed by atoms with van der Waals surface area (Å²) in [4.78, 5) is 24.7. The van der Waals surface area contributed by atoms with Crippen molar-refractivity contribution in [3.05, 3.63) is 57.8 Å². The Kier molecular flexibility index (Phi) is 4.53. The van der Waals surface area contributed by atoms with E-state index in [1.54, 1.807) is 24.4 Å².